The molecule has 0 amide bonds. The van der Waals surface area contributed by atoms with Gasteiger partial charge in [-0.05, 0) is 16.5 Å². The van der Waals surface area contributed by atoms with Gasteiger partial charge in [-0.1, -0.05) is 45.0 Å². The predicted molar refractivity (Wildman–Crippen MR) is 63.5 cm³/mol. The summed E-state index contributed by atoms with van der Waals surface area (Å²) in [5, 5.41) is 12.4. The van der Waals surface area contributed by atoms with Crippen molar-refractivity contribution in [3.8, 4) is 0 Å². The molecule has 0 fully saturated rings. The first-order valence-electron chi connectivity index (χ1n) is 5.41. The quantitative estimate of drug-likeness (QED) is 0.794. The first-order chi connectivity index (χ1) is 7.01. The minimum atomic E-state index is 0.118. The van der Waals surface area contributed by atoms with Crippen LogP contribution in [0.15, 0.2) is 24.3 Å². The van der Waals surface area contributed by atoms with Crippen LogP contribution >= 0.6 is 0 Å². The number of aliphatic hydroxyl groups is 1. The zero-order valence-corrected chi connectivity index (χ0v) is 9.88. The number of aliphatic hydroxyl groups excluding tert-OH is 1. The number of hydrogen-bond acceptors (Lipinski definition) is 2. The third kappa shape index (κ3) is 4.96. The van der Waals surface area contributed by atoms with Crippen LogP contribution in [0, 0.1) is 5.41 Å². The average Bonchev–Trinajstić information content (AvgIpc) is 2.16. The van der Waals surface area contributed by atoms with Gasteiger partial charge in [-0.3, -0.25) is 0 Å². The number of nitrogens with one attached hydrogen (secondary N) is 1. The van der Waals surface area contributed by atoms with Crippen molar-refractivity contribution in [1.82, 2.24) is 5.32 Å². The van der Waals surface area contributed by atoms with Gasteiger partial charge in [0, 0.05) is 13.1 Å². The molecule has 0 radical (unpaired) electrons. The second-order valence-corrected chi connectivity index (χ2v) is 5.14. The lowest BCUT2D eigenvalue weighted by Gasteiger charge is -2.18. The van der Waals surface area contributed by atoms with Crippen LogP contribution in [0.3, 0.4) is 0 Å². The maximum atomic E-state index is 9.00. The molecule has 0 heterocycles. The third-order valence-electron chi connectivity index (χ3n) is 2.16. The fourth-order valence-electron chi connectivity index (χ4n) is 1.42. The molecule has 15 heavy (non-hydrogen) atoms. The Labute approximate surface area is 92.3 Å². The molecular formula is C13H21NO. The van der Waals surface area contributed by atoms with Gasteiger partial charge in [0.2, 0.25) is 0 Å². The molecule has 0 spiro atoms. The Balaban J connectivity index is 2.44. The van der Waals surface area contributed by atoms with Gasteiger partial charge in [0.15, 0.2) is 0 Å². The molecule has 0 bridgehead atoms. The Kier molecular flexibility index (Phi) is 4.30. The van der Waals surface area contributed by atoms with E-state index in [1.807, 2.05) is 18.2 Å². The van der Waals surface area contributed by atoms with Gasteiger partial charge >= 0.3 is 0 Å². The summed E-state index contributed by atoms with van der Waals surface area (Å²) in [6, 6.07) is 8.04. The van der Waals surface area contributed by atoms with Crippen LogP contribution in [0.25, 0.3) is 0 Å². The van der Waals surface area contributed by atoms with Gasteiger partial charge in [-0.15, -0.1) is 0 Å². The van der Waals surface area contributed by atoms with E-state index in [0.717, 1.165) is 18.7 Å². The van der Waals surface area contributed by atoms with Crippen LogP contribution in [-0.2, 0) is 13.2 Å². The van der Waals surface area contributed by atoms with Crippen molar-refractivity contribution < 1.29 is 5.11 Å². The Morgan fingerprint density at radius 3 is 2.47 bits per heavy atom. The van der Waals surface area contributed by atoms with Crippen LogP contribution in [0.2, 0.25) is 0 Å². The van der Waals surface area contributed by atoms with Crippen LogP contribution < -0.4 is 5.32 Å². The van der Waals surface area contributed by atoms with Crippen molar-refractivity contribution in [3.05, 3.63) is 35.4 Å². The van der Waals surface area contributed by atoms with Crippen molar-refractivity contribution >= 4 is 0 Å². The normalized spacial score (nSPS) is 11.7. The Bertz CT molecular complexity index is 302. The number of hydrogen-bond donors (Lipinski definition) is 2. The summed E-state index contributed by atoms with van der Waals surface area (Å²) in [4.78, 5) is 0. The molecular weight excluding hydrogens is 186 g/mol. The van der Waals surface area contributed by atoms with Gasteiger partial charge in [-0.25, -0.2) is 0 Å². The Hall–Kier alpha value is -0.860. The summed E-state index contributed by atoms with van der Waals surface area (Å²) < 4.78 is 0. The highest BCUT2D eigenvalue weighted by atomic mass is 16.3. The largest absolute Gasteiger partial charge is 0.392 e. The molecule has 0 atom stereocenters. The number of rotatable bonds is 4. The molecule has 2 N–H and O–H groups in total. The van der Waals surface area contributed by atoms with Gasteiger partial charge in [0.1, 0.15) is 0 Å². The van der Waals surface area contributed by atoms with E-state index >= 15 is 0 Å². The minimum absolute atomic E-state index is 0.118. The summed E-state index contributed by atoms with van der Waals surface area (Å²) in [6.45, 7) is 8.62. The second-order valence-electron chi connectivity index (χ2n) is 5.14. The topological polar surface area (TPSA) is 32.3 Å². The van der Waals surface area contributed by atoms with E-state index < -0.39 is 0 Å². The Morgan fingerprint density at radius 2 is 1.87 bits per heavy atom. The zero-order valence-electron chi connectivity index (χ0n) is 9.88. The lowest BCUT2D eigenvalue weighted by atomic mass is 9.97. The van der Waals surface area contributed by atoms with Crippen LogP contribution in [-0.4, -0.2) is 11.7 Å². The lowest BCUT2D eigenvalue weighted by Crippen LogP contribution is -2.26. The fourth-order valence-corrected chi connectivity index (χ4v) is 1.42. The highest BCUT2D eigenvalue weighted by molar-refractivity contribution is 5.22. The van der Waals surface area contributed by atoms with Crippen molar-refractivity contribution in [2.24, 2.45) is 5.41 Å². The maximum Gasteiger partial charge on any atom is 0.0681 e. The van der Waals surface area contributed by atoms with Crippen LogP contribution in [0.1, 0.15) is 31.9 Å². The zero-order chi connectivity index (χ0) is 11.3. The molecule has 2 nitrogen and oxygen atoms in total. The molecule has 0 saturated heterocycles. The SMILES string of the molecule is CC(C)(C)CNCc1cccc(CO)c1. The summed E-state index contributed by atoms with van der Waals surface area (Å²) >= 11 is 0. The van der Waals surface area contributed by atoms with Crippen molar-refractivity contribution in [2.75, 3.05) is 6.54 Å². The van der Waals surface area contributed by atoms with Gasteiger partial charge in [-0.2, -0.15) is 0 Å². The monoisotopic (exact) mass is 207 g/mol. The maximum absolute atomic E-state index is 9.00. The van der Waals surface area contributed by atoms with E-state index in [2.05, 4.69) is 32.2 Å². The summed E-state index contributed by atoms with van der Waals surface area (Å²) in [5.41, 5.74) is 2.52. The molecule has 1 aromatic rings. The first kappa shape index (κ1) is 12.2. The van der Waals surface area contributed by atoms with Crippen molar-refractivity contribution in [2.45, 2.75) is 33.9 Å². The highest BCUT2D eigenvalue weighted by Crippen LogP contribution is 2.11. The molecule has 0 saturated carbocycles. The minimum Gasteiger partial charge on any atom is -0.392 e. The summed E-state index contributed by atoms with van der Waals surface area (Å²) in [5.74, 6) is 0. The Morgan fingerprint density at radius 1 is 1.20 bits per heavy atom. The predicted octanol–water partition coefficient (Wildman–Crippen LogP) is 2.31. The molecule has 0 aliphatic carbocycles. The van der Waals surface area contributed by atoms with Crippen molar-refractivity contribution in [1.29, 1.82) is 0 Å². The first-order valence-corrected chi connectivity index (χ1v) is 5.41. The molecule has 0 aliphatic heterocycles. The standard InChI is InChI=1S/C13H21NO/c1-13(2,3)10-14-8-11-5-4-6-12(7-11)9-15/h4-7,14-15H,8-10H2,1-3H3. The summed E-state index contributed by atoms with van der Waals surface area (Å²) in [6.07, 6.45) is 0. The van der Waals surface area contributed by atoms with Gasteiger partial charge in [0.25, 0.3) is 0 Å². The van der Waals surface area contributed by atoms with E-state index in [1.54, 1.807) is 0 Å². The second kappa shape index (κ2) is 5.29. The van der Waals surface area contributed by atoms with E-state index in [0.29, 0.717) is 5.41 Å². The molecule has 84 valence electrons. The molecule has 1 aromatic carbocycles. The van der Waals surface area contributed by atoms with Gasteiger partial charge < -0.3 is 10.4 Å². The van der Waals surface area contributed by atoms with E-state index in [-0.39, 0.29) is 6.61 Å². The van der Waals surface area contributed by atoms with Crippen LogP contribution in [0.5, 0.6) is 0 Å². The van der Waals surface area contributed by atoms with E-state index in [9.17, 15) is 0 Å². The molecule has 0 aromatic heterocycles. The average molecular weight is 207 g/mol. The fraction of sp³-hybridized carbons (Fsp3) is 0.538. The van der Waals surface area contributed by atoms with Crippen molar-refractivity contribution in [3.63, 3.8) is 0 Å². The van der Waals surface area contributed by atoms with Gasteiger partial charge in [0.05, 0.1) is 6.61 Å². The molecule has 1 rings (SSSR count). The third-order valence-corrected chi connectivity index (χ3v) is 2.16. The molecule has 0 unspecified atom stereocenters. The summed E-state index contributed by atoms with van der Waals surface area (Å²) in [7, 11) is 0. The molecule has 2 heteroatoms. The number of benzene rings is 1. The van der Waals surface area contributed by atoms with Crippen LogP contribution in [0.4, 0.5) is 0 Å². The highest BCUT2D eigenvalue weighted by Gasteiger charge is 2.08. The molecule has 0 aliphatic rings. The smallest absolute Gasteiger partial charge is 0.0681 e. The van der Waals surface area contributed by atoms with E-state index in [1.165, 1.54) is 5.56 Å². The lowest BCUT2D eigenvalue weighted by molar-refractivity contribution is 0.281. The van der Waals surface area contributed by atoms with E-state index in [4.69, 9.17) is 5.11 Å².